The molecule has 1 heteroatoms. The van der Waals surface area contributed by atoms with E-state index >= 15 is 0 Å². The van der Waals surface area contributed by atoms with Crippen molar-refractivity contribution in [3.8, 4) is 0 Å². The van der Waals surface area contributed by atoms with E-state index in [4.69, 9.17) is 5.11 Å². The smallest absolute Gasteiger partial charge is 0.0766 e. The van der Waals surface area contributed by atoms with E-state index in [9.17, 15) is 0 Å². The number of hydrogen-bond donors (Lipinski definition) is 1. The van der Waals surface area contributed by atoms with Crippen molar-refractivity contribution in [2.45, 2.75) is 65.4 Å². The molecule has 0 saturated heterocycles. The van der Waals surface area contributed by atoms with Crippen LogP contribution in [0.5, 0.6) is 0 Å². The normalized spacial score (nSPS) is 12.3. The van der Waals surface area contributed by atoms with Gasteiger partial charge >= 0.3 is 0 Å². The molecule has 0 aromatic rings. The summed E-state index contributed by atoms with van der Waals surface area (Å²) in [4.78, 5) is 0. The van der Waals surface area contributed by atoms with E-state index in [0.717, 1.165) is 0 Å². The lowest BCUT2D eigenvalue weighted by Gasteiger charge is -2.09. The zero-order chi connectivity index (χ0) is 11.5. The third kappa shape index (κ3) is 9.78. The molecular formula is C14H26O. The number of hydrogen-bond acceptors (Lipinski definition) is 1. The summed E-state index contributed by atoms with van der Waals surface area (Å²) in [5, 5.41) is 9.08. The topological polar surface area (TPSA) is 20.2 Å². The highest BCUT2D eigenvalue weighted by Crippen LogP contribution is 2.16. The summed E-state index contributed by atoms with van der Waals surface area (Å²) in [6.45, 7) is 6.21. The maximum atomic E-state index is 9.08. The van der Waals surface area contributed by atoms with Crippen LogP contribution in [0.1, 0.15) is 59.3 Å². The summed E-state index contributed by atoms with van der Waals surface area (Å²) in [7, 11) is 0. The first-order chi connectivity index (χ1) is 7.20. The molecule has 0 amide bonds. The molecule has 0 bridgehead atoms. The number of aliphatic hydroxyl groups is 1. The van der Waals surface area contributed by atoms with Gasteiger partial charge in [0.25, 0.3) is 0 Å². The second-order valence-electron chi connectivity index (χ2n) is 4.29. The minimum atomic E-state index is -0.376. The van der Waals surface area contributed by atoms with Crippen molar-refractivity contribution < 1.29 is 5.11 Å². The average Bonchev–Trinajstić information content (AvgIpc) is 2.20. The molecule has 0 aliphatic rings. The molecule has 0 fully saturated rings. The van der Waals surface area contributed by atoms with Gasteiger partial charge in [0.15, 0.2) is 0 Å². The third-order valence-electron chi connectivity index (χ3n) is 2.53. The Morgan fingerprint density at radius 2 is 1.60 bits per heavy atom. The lowest BCUT2D eigenvalue weighted by Crippen LogP contribution is -1.96. The second-order valence-corrected chi connectivity index (χ2v) is 4.29. The zero-order valence-electron chi connectivity index (χ0n) is 10.5. The van der Waals surface area contributed by atoms with Gasteiger partial charge in [0.2, 0.25) is 0 Å². The van der Waals surface area contributed by atoms with Gasteiger partial charge < -0.3 is 5.11 Å². The lowest BCUT2D eigenvalue weighted by atomic mass is 9.96. The predicted octanol–water partition coefficient (Wildman–Crippen LogP) is 4.08. The van der Waals surface area contributed by atoms with Crippen LogP contribution in [-0.2, 0) is 0 Å². The fraction of sp³-hybridized carbons (Fsp3) is 0.786. The van der Waals surface area contributed by atoms with Crippen molar-refractivity contribution in [2.24, 2.45) is 5.92 Å². The molecule has 0 saturated carbocycles. The predicted molar refractivity (Wildman–Crippen MR) is 66.9 cm³/mol. The third-order valence-corrected chi connectivity index (χ3v) is 2.53. The highest BCUT2D eigenvalue weighted by atomic mass is 16.3. The van der Waals surface area contributed by atoms with Crippen LogP contribution < -0.4 is 0 Å². The number of aliphatic hydroxyl groups excluding tert-OH is 1. The van der Waals surface area contributed by atoms with Crippen molar-refractivity contribution >= 4 is 0 Å². The van der Waals surface area contributed by atoms with Crippen molar-refractivity contribution in [1.82, 2.24) is 0 Å². The first-order valence-corrected chi connectivity index (χ1v) is 6.31. The monoisotopic (exact) mass is 210 g/mol. The molecule has 0 aliphatic heterocycles. The van der Waals surface area contributed by atoms with Gasteiger partial charge in [-0.3, -0.25) is 0 Å². The van der Waals surface area contributed by atoms with Gasteiger partial charge in [-0.25, -0.2) is 0 Å². The Balaban J connectivity index is 4.04. The van der Waals surface area contributed by atoms with Crippen molar-refractivity contribution in [3.05, 3.63) is 17.9 Å². The molecule has 0 aromatic heterocycles. The van der Waals surface area contributed by atoms with Crippen LogP contribution in [0.2, 0.25) is 0 Å². The molecule has 0 spiro atoms. The Hall–Kier alpha value is -0.520. The molecule has 0 aromatic carbocycles. The van der Waals surface area contributed by atoms with Crippen molar-refractivity contribution in [1.29, 1.82) is 0 Å². The van der Waals surface area contributed by atoms with Gasteiger partial charge in [0.05, 0.1) is 6.10 Å². The summed E-state index contributed by atoms with van der Waals surface area (Å²) < 4.78 is 0. The van der Waals surface area contributed by atoms with E-state index in [-0.39, 0.29) is 6.10 Å². The first-order valence-electron chi connectivity index (χ1n) is 6.31. The van der Waals surface area contributed by atoms with Crippen molar-refractivity contribution in [3.63, 3.8) is 0 Å². The van der Waals surface area contributed by atoms with E-state index in [0.29, 0.717) is 5.92 Å². The highest BCUT2D eigenvalue weighted by Gasteiger charge is 2.02. The van der Waals surface area contributed by atoms with Crippen LogP contribution in [0, 0.1) is 5.92 Å². The minimum Gasteiger partial charge on any atom is -0.389 e. The summed E-state index contributed by atoms with van der Waals surface area (Å²) in [5.74, 6) is 0.653. The fourth-order valence-corrected chi connectivity index (χ4v) is 1.57. The van der Waals surface area contributed by atoms with E-state index in [1.54, 1.807) is 13.0 Å². The summed E-state index contributed by atoms with van der Waals surface area (Å²) >= 11 is 0. The van der Waals surface area contributed by atoms with Crippen LogP contribution in [-0.4, -0.2) is 11.2 Å². The van der Waals surface area contributed by atoms with Crippen LogP contribution in [0.4, 0.5) is 0 Å². The van der Waals surface area contributed by atoms with Gasteiger partial charge in [-0.1, -0.05) is 39.5 Å². The average molecular weight is 210 g/mol. The Morgan fingerprint density at radius 3 is 2.00 bits per heavy atom. The fourth-order valence-electron chi connectivity index (χ4n) is 1.57. The largest absolute Gasteiger partial charge is 0.389 e. The Labute approximate surface area is 94.9 Å². The minimum absolute atomic E-state index is 0.376. The van der Waals surface area contributed by atoms with E-state index < -0.39 is 0 Å². The maximum absolute atomic E-state index is 9.08. The summed E-state index contributed by atoms with van der Waals surface area (Å²) in [6, 6.07) is 0. The molecule has 0 aliphatic carbocycles. The van der Waals surface area contributed by atoms with Crippen LogP contribution in [0.3, 0.4) is 0 Å². The van der Waals surface area contributed by atoms with Gasteiger partial charge in [-0.2, -0.15) is 0 Å². The zero-order valence-corrected chi connectivity index (χ0v) is 10.5. The molecule has 15 heavy (non-hydrogen) atoms. The van der Waals surface area contributed by atoms with Crippen molar-refractivity contribution in [2.75, 3.05) is 0 Å². The van der Waals surface area contributed by atoms with Gasteiger partial charge in [-0.05, 0) is 37.8 Å². The van der Waals surface area contributed by atoms with Crippen LogP contribution >= 0.6 is 0 Å². The molecule has 0 heterocycles. The van der Waals surface area contributed by atoms with E-state index in [1.807, 2.05) is 0 Å². The molecule has 1 unspecified atom stereocenters. The summed E-state index contributed by atoms with van der Waals surface area (Å²) in [5.41, 5.74) is 3.10. The van der Waals surface area contributed by atoms with Gasteiger partial charge in [0.1, 0.15) is 0 Å². The maximum Gasteiger partial charge on any atom is 0.0766 e. The number of rotatable bonds is 8. The Bertz CT molecular complexity index is 180. The molecular weight excluding hydrogens is 184 g/mol. The molecule has 1 N–H and O–H groups in total. The van der Waals surface area contributed by atoms with Crippen LogP contribution in [0.25, 0.3) is 0 Å². The van der Waals surface area contributed by atoms with Gasteiger partial charge in [0, 0.05) is 0 Å². The lowest BCUT2D eigenvalue weighted by molar-refractivity contribution is 0.244. The van der Waals surface area contributed by atoms with Gasteiger partial charge in [-0.15, -0.1) is 5.73 Å². The van der Waals surface area contributed by atoms with E-state index in [1.165, 1.54) is 38.5 Å². The summed E-state index contributed by atoms with van der Waals surface area (Å²) in [6.07, 6.45) is 11.1. The molecule has 0 radical (unpaired) electrons. The molecule has 1 atom stereocenters. The second kappa shape index (κ2) is 10.0. The SMILES string of the molecule is CCCCC(C=C=CC(C)O)CCCC. The molecule has 0 rings (SSSR count). The van der Waals surface area contributed by atoms with Crippen LogP contribution in [0.15, 0.2) is 17.9 Å². The van der Waals surface area contributed by atoms with E-state index in [2.05, 4.69) is 25.7 Å². The Morgan fingerprint density at radius 1 is 1.07 bits per heavy atom. The highest BCUT2D eigenvalue weighted by molar-refractivity contribution is 4.92. The Kier molecular flexibility index (Phi) is 9.67. The molecule has 1 nitrogen and oxygen atoms in total. The quantitative estimate of drug-likeness (QED) is 0.599. The number of unbranched alkanes of at least 4 members (excludes halogenated alkanes) is 2. The first kappa shape index (κ1) is 14.5. The standard InChI is InChI=1S/C14H26O/c1-4-6-10-14(11-7-5-2)12-8-9-13(3)15/h9,12-15H,4-7,10-11H2,1-3H3. The molecule has 88 valence electrons.